The first-order valence-electron chi connectivity index (χ1n) is 6.00. The van der Waals surface area contributed by atoms with Crippen LogP contribution in [-0.4, -0.2) is 12.5 Å². The Balaban J connectivity index is -0.000000266. The molecule has 0 aromatic rings. The largest absolute Gasteiger partial charge is 0.356 e. The lowest BCUT2D eigenvalue weighted by molar-refractivity contribution is -0.124. The van der Waals surface area contributed by atoms with Gasteiger partial charge in [-0.05, 0) is 12.8 Å². The summed E-state index contributed by atoms with van der Waals surface area (Å²) < 4.78 is 0. The summed E-state index contributed by atoms with van der Waals surface area (Å²) in [6.45, 7) is 14.8. The fraction of sp³-hybridized carbons (Fsp3) is 0.917. The summed E-state index contributed by atoms with van der Waals surface area (Å²) >= 11 is 0. The van der Waals surface area contributed by atoms with Gasteiger partial charge >= 0.3 is 0 Å². The Morgan fingerprint density at radius 3 is 1.86 bits per heavy atom. The molecule has 0 aliphatic carbocycles. The molecule has 0 saturated heterocycles. The fourth-order valence-corrected chi connectivity index (χ4v) is 0.608. The minimum Gasteiger partial charge on any atom is -0.356 e. The highest BCUT2D eigenvalue weighted by Gasteiger charge is 2.07. The smallest absolute Gasteiger partial charge is 0.222 e. The van der Waals surface area contributed by atoms with Gasteiger partial charge in [0.15, 0.2) is 0 Å². The second kappa shape index (κ2) is 18.3. The summed E-state index contributed by atoms with van der Waals surface area (Å²) in [5.41, 5.74) is 0. The molecule has 1 N–H and O–H groups in total. The lowest BCUT2D eigenvalue weighted by atomic mass is 10.1. The van der Waals surface area contributed by atoms with Gasteiger partial charge in [0.2, 0.25) is 5.91 Å². The molecule has 1 atom stereocenters. The predicted octanol–water partition coefficient (Wildman–Crippen LogP) is 3.61. The zero-order valence-electron chi connectivity index (χ0n) is 11.1. The van der Waals surface area contributed by atoms with E-state index >= 15 is 0 Å². The van der Waals surface area contributed by atoms with E-state index in [-0.39, 0.29) is 11.8 Å². The van der Waals surface area contributed by atoms with Crippen LogP contribution in [-0.2, 0) is 4.79 Å². The maximum Gasteiger partial charge on any atom is 0.222 e. The number of nitrogens with one attached hydrogen (secondary N) is 1. The topological polar surface area (TPSA) is 29.1 Å². The van der Waals surface area contributed by atoms with E-state index in [9.17, 15) is 4.79 Å². The Kier molecular flexibility index (Phi) is 25.0. The van der Waals surface area contributed by atoms with Crippen molar-refractivity contribution in [3.63, 3.8) is 0 Å². The third-order valence-electron chi connectivity index (χ3n) is 1.61. The first-order valence-corrected chi connectivity index (χ1v) is 6.00. The summed E-state index contributed by atoms with van der Waals surface area (Å²) in [6, 6.07) is 0. The van der Waals surface area contributed by atoms with E-state index in [1.54, 1.807) is 0 Å². The minimum absolute atomic E-state index is 0.173. The van der Waals surface area contributed by atoms with Gasteiger partial charge in [-0.25, -0.2) is 0 Å². The lowest BCUT2D eigenvalue weighted by Crippen LogP contribution is -2.29. The van der Waals surface area contributed by atoms with Crippen molar-refractivity contribution in [2.24, 2.45) is 5.92 Å². The van der Waals surface area contributed by atoms with Crippen LogP contribution in [0, 0.1) is 5.92 Å². The van der Waals surface area contributed by atoms with Crippen LogP contribution in [0.5, 0.6) is 0 Å². The molecule has 0 bridgehead atoms. The summed E-state index contributed by atoms with van der Waals surface area (Å²) in [5.74, 6) is 0.357. The minimum atomic E-state index is 0.173. The van der Waals surface area contributed by atoms with Crippen molar-refractivity contribution in [1.29, 1.82) is 0 Å². The zero-order valence-corrected chi connectivity index (χ0v) is 11.1. The molecule has 2 nitrogen and oxygen atoms in total. The summed E-state index contributed by atoms with van der Waals surface area (Å²) in [7, 11) is 0. The van der Waals surface area contributed by atoms with Crippen LogP contribution in [0.2, 0.25) is 0 Å². The van der Waals surface area contributed by atoms with Crippen LogP contribution in [0.3, 0.4) is 0 Å². The molecule has 0 aromatic carbocycles. The second-order valence-electron chi connectivity index (χ2n) is 2.60. The quantitative estimate of drug-likeness (QED) is 0.743. The molecule has 14 heavy (non-hydrogen) atoms. The van der Waals surface area contributed by atoms with Gasteiger partial charge in [0.05, 0.1) is 0 Å². The standard InChI is InChI=1S/C8H17NO.2C2H6/c1-4-6-9-8(10)7(3)5-2;2*1-2/h7H,4-6H2,1-3H3,(H,9,10);2*1-2H3. The van der Waals surface area contributed by atoms with Crippen molar-refractivity contribution in [3.05, 3.63) is 0 Å². The van der Waals surface area contributed by atoms with Crippen molar-refractivity contribution in [3.8, 4) is 0 Å². The van der Waals surface area contributed by atoms with E-state index in [4.69, 9.17) is 0 Å². The number of carbonyl (C=O) groups is 1. The van der Waals surface area contributed by atoms with Gasteiger partial charge in [0, 0.05) is 12.5 Å². The van der Waals surface area contributed by atoms with Crippen LogP contribution in [0.1, 0.15) is 61.3 Å². The maximum absolute atomic E-state index is 11.0. The van der Waals surface area contributed by atoms with Gasteiger partial charge in [-0.3, -0.25) is 4.79 Å². The number of amides is 1. The van der Waals surface area contributed by atoms with Crippen LogP contribution in [0.25, 0.3) is 0 Å². The summed E-state index contributed by atoms with van der Waals surface area (Å²) in [5, 5.41) is 2.84. The molecule has 88 valence electrons. The van der Waals surface area contributed by atoms with Crippen LogP contribution in [0.4, 0.5) is 0 Å². The van der Waals surface area contributed by atoms with Crippen LogP contribution >= 0.6 is 0 Å². The molecular formula is C12H29NO. The highest BCUT2D eigenvalue weighted by Crippen LogP contribution is 1.98. The predicted molar refractivity (Wildman–Crippen MR) is 65.5 cm³/mol. The fourth-order valence-electron chi connectivity index (χ4n) is 0.608. The first kappa shape index (κ1) is 19.1. The highest BCUT2D eigenvalue weighted by atomic mass is 16.1. The monoisotopic (exact) mass is 203 g/mol. The third-order valence-corrected chi connectivity index (χ3v) is 1.61. The molecule has 0 fully saturated rings. The number of rotatable bonds is 4. The summed E-state index contributed by atoms with van der Waals surface area (Å²) in [6.07, 6.45) is 1.94. The van der Waals surface area contributed by atoms with E-state index in [0.29, 0.717) is 0 Å². The second-order valence-corrected chi connectivity index (χ2v) is 2.60. The number of carbonyl (C=O) groups excluding carboxylic acids is 1. The molecule has 0 rings (SSSR count). The van der Waals surface area contributed by atoms with Crippen LogP contribution < -0.4 is 5.32 Å². The molecular weight excluding hydrogens is 174 g/mol. The molecule has 0 saturated carbocycles. The molecule has 1 amide bonds. The van der Waals surface area contributed by atoms with Crippen molar-refractivity contribution in [2.45, 2.75) is 61.3 Å². The molecule has 0 aliphatic heterocycles. The van der Waals surface area contributed by atoms with Crippen molar-refractivity contribution in [1.82, 2.24) is 5.32 Å². The van der Waals surface area contributed by atoms with Gasteiger partial charge in [0.25, 0.3) is 0 Å². The Morgan fingerprint density at radius 1 is 1.14 bits per heavy atom. The highest BCUT2D eigenvalue weighted by molar-refractivity contribution is 5.78. The average molecular weight is 203 g/mol. The normalized spacial score (nSPS) is 9.93. The number of hydrogen-bond donors (Lipinski definition) is 1. The van der Waals surface area contributed by atoms with Gasteiger partial charge < -0.3 is 5.32 Å². The molecule has 0 heterocycles. The lowest BCUT2D eigenvalue weighted by Gasteiger charge is -2.07. The Hall–Kier alpha value is -0.530. The molecule has 0 spiro atoms. The SMILES string of the molecule is CC.CC.CCCNC(=O)C(C)CC. The molecule has 1 unspecified atom stereocenters. The van der Waals surface area contributed by atoms with E-state index in [1.807, 2.05) is 41.5 Å². The Morgan fingerprint density at radius 2 is 1.57 bits per heavy atom. The van der Waals surface area contributed by atoms with Gasteiger partial charge in [-0.15, -0.1) is 0 Å². The van der Waals surface area contributed by atoms with E-state index in [1.165, 1.54) is 0 Å². The first-order chi connectivity index (χ1) is 6.72. The van der Waals surface area contributed by atoms with Crippen LogP contribution in [0.15, 0.2) is 0 Å². The van der Waals surface area contributed by atoms with Gasteiger partial charge in [0.1, 0.15) is 0 Å². The molecule has 0 aromatic heterocycles. The summed E-state index contributed by atoms with van der Waals surface area (Å²) in [4.78, 5) is 11.0. The van der Waals surface area contributed by atoms with E-state index in [0.717, 1.165) is 19.4 Å². The van der Waals surface area contributed by atoms with Crippen molar-refractivity contribution < 1.29 is 4.79 Å². The van der Waals surface area contributed by atoms with E-state index in [2.05, 4.69) is 12.2 Å². The zero-order chi connectivity index (χ0) is 12.0. The van der Waals surface area contributed by atoms with E-state index < -0.39 is 0 Å². The van der Waals surface area contributed by atoms with Crippen molar-refractivity contribution in [2.75, 3.05) is 6.54 Å². The van der Waals surface area contributed by atoms with Gasteiger partial charge in [-0.1, -0.05) is 48.5 Å². The maximum atomic E-state index is 11.0. The Labute approximate surface area is 90.5 Å². The Bertz CT molecular complexity index is 102. The molecule has 0 radical (unpaired) electrons. The number of hydrogen-bond acceptors (Lipinski definition) is 1. The van der Waals surface area contributed by atoms with Gasteiger partial charge in [-0.2, -0.15) is 0 Å². The third kappa shape index (κ3) is 14.0. The molecule has 0 aliphatic rings. The van der Waals surface area contributed by atoms with Crippen molar-refractivity contribution >= 4 is 5.91 Å². The molecule has 2 heteroatoms. The average Bonchev–Trinajstić information content (AvgIpc) is 2.30.